The fraction of sp³-hybridized carbons (Fsp3) is 0.400. The number of hydrogen-bond donors (Lipinski definition) is 0. The normalized spacial score (nSPS) is 10.5. The minimum absolute atomic E-state index is 0.0901. The molecule has 0 unspecified atom stereocenters. The zero-order valence-corrected chi connectivity index (χ0v) is 18.7. The summed E-state index contributed by atoms with van der Waals surface area (Å²) in [5.74, 6) is -1.69. The first-order valence-electron chi connectivity index (χ1n) is 7.08. The molecule has 0 aromatic heterocycles. The second kappa shape index (κ2) is 8.87. The van der Waals surface area contributed by atoms with E-state index in [4.69, 9.17) is 22.3 Å². The van der Waals surface area contributed by atoms with Crippen molar-refractivity contribution >= 4 is 43.6 Å². The number of ether oxygens (including phenoxy) is 3. The summed E-state index contributed by atoms with van der Waals surface area (Å²) in [6.07, 6.45) is 0. The van der Waals surface area contributed by atoms with Crippen molar-refractivity contribution in [3.8, 4) is 17.2 Å². The predicted octanol–water partition coefficient (Wildman–Crippen LogP) is 0.548. The average molecular weight is 552 g/mol. The first-order valence-corrected chi connectivity index (χ1v) is 13.8. The van der Waals surface area contributed by atoms with Crippen molar-refractivity contribution in [1.82, 2.24) is 0 Å². The summed E-state index contributed by atoms with van der Waals surface area (Å²) in [7, 11) is 4.15. The molecule has 0 saturated carbocycles. The molecule has 1 aromatic carbocycles. The summed E-state index contributed by atoms with van der Waals surface area (Å²) in [6.45, 7) is 3.36. The zero-order valence-electron chi connectivity index (χ0n) is 14.8. The molecule has 0 atom stereocenters. The van der Waals surface area contributed by atoms with Gasteiger partial charge in [0.05, 0.1) is 0 Å². The molecular weight excluding hydrogens is 531 g/mol. The van der Waals surface area contributed by atoms with Crippen molar-refractivity contribution < 1.29 is 36.7 Å². The number of hydrogen-bond acceptors (Lipinski definition) is 9. The molecule has 138 valence electrons. The van der Waals surface area contributed by atoms with Crippen molar-refractivity contribution in [1.29, 1.82) is 0 Å². The van der Waals surface area contributed by atoms with E-state index in [1.807, 2.05) is 0 Å². The van der Waals surface area contributed by atoms with Crippen LogP contribution in [0.3, 0.4) is 0 Å². The maximum atomic E-state index is 11.6. The van der Waals surface area contributed by atoms with Gasteiger partial charge in [-0.1, -0.05) is 0 Å². The average Bonchev–Trinajstić information content (AvgIpc) is 2.50. The molecular formula is C15H20O9Pb. The number of benzene rings is 1. The minimum atomic E-state index is -5.42. The molecule has 25 heavy (non-hydrogen) atoms. The molecule has 0 fully saturated rings. The summed E-state index contributed by atoms with van der Waals surface area (Å²) in [5, 5.41) is 0. The Hall–Kier alpha value is -2.05. The Kier molecular flexibility index (Phi) is 7.45. The Morgan fingerprint density at radius 3 is 1.48 bits per heavy atom. The molecule has 0 aliphatic carbocycles. The van der Waals surface area contributed by atoms with Gasteiger partial charge in [0.2, 0.25) is 0 Å². The first-order chi connectivity index (χ1) is 11.7. The summed E-state index contributed by atoms with van der Waals surface area (Å²) in [6, 6.07) is 2.96. The van der Waals surface area contributed by atoms with Gasteiger partial charge in [0, 0.05) is 0 Å². The molecule has 0 bridgehead atoms. The fourth-order valence-electron chi connectivity index (χ4n) is 2.14. The maximum absolute atomic E-state index is 11.6. The third-order valence-electron chi connectivity index (χ3n) is 2.87. The van der Waals surface area contributed by atoms with E-state index in [2.05, 4.69) is 0 Å². The summed E-state index contributed by atoms with van der Waals surface area (Å²) in [5.41, 5.74) is 0. The molecule has 0 heterocycles. The van der Waals surface area contributed by atoms with Crippen molar-refractivity contribution in [2.24, 2.45) is 0 Å². The molecule has 0 aliphatic rings. The van der Waals surface area contributed by atoms with E-state index in [0.29, 0.717) is 5.75 Å². The van der Waals surface area contributed by atoms with Crippen molar-refractivity contribution in [3.63, 3.8) is 0 Å². The van der Waals surface area contributed by atoms with Gasteiger partial charge in [0.15, 0.2) is 0 Å². The van der Waals surface area contributed by atoms with Crippen LogP contribution >= 0.6 is 0 Å². The first kappa shape index (κ1) is 21.0. The zero-order chi connectivity index (χ0) is 19.2. The Bertz CT molecular complexity index is 630. The van der Waals surface area contributed by atoms with Crippen molar-refractivity contribution in [3.05, 3.63) is 12.1 Å². The van der Waals surface area contributed by atoms with Crippen LogP contribution in [0.4, 0.5) is 0 Å². The number of carbonyl (C=O) groups is 3. The van der Waals surface area contributed by atoms with Crippen LogP contribution in [0.25, 0.3) is 0 Å². The van der Waals surface area contributed by atoms with Gasteiger partial charge in [-0.25, -0.2) is 0 Å². The van der Waals surface area contributed by atoms with Gasteiger partial charge in [-0.2, -0.15) is 0 Å². The molecule has 0 amide bonds. The van der Waals surface area contributed by atoms with E-state index in [1.54, 1.807) is 0 Å². The van der Waals surface area contributed by atoms with Crippen LogP contribution < -0.4 is 17.3 Å². The molecule has 1 rings (SSSR count). The Labute approximate surface area is 151 Å². The standard InChI is InChI=1S/C9H11O3.3C2H4O2.Pb/c1-10-7-5-4-6-8(11-2)9(7)12-3;3*1-2(3)4;/h4-5H,1-3H3;3*1H3,(H,3,4);/q;;;;+3/p-3. The monoisotopic (exact) mass is 552 g/mol. The quantitative estimate of drug-likeness (QED) is 0.449. The van der Waals surface area contributed by atoms with Gasteiger partial charge in [0.1, 0.15) is 0 Å². The molecule has 0 radical (unpaired) electrons. The molecule has 0 N–H and O–H groups in total. The molecule has 0 aliphatic heterocycles. The second-order valence-corrected chi connectivity index (χ2v) is 13.5. The predicted molar refractivity (Wildman–Crippen MR) is 86.8 cm³/mol. The van der Waals surface area contributed by atoms with Gasteiger partial charge in [-0.3, -0.25) is 0 Å². The molecule has 0 spiro atoms. The van der Waals surface area contributed by atoms with E-state index in [1.165, 1.54) is 33.5 Å². The van der Waals surface area contributed by atoms with Gasteiger partial charge in [-0.15, -0.1) is 0 Å². The molecule has 0 saturated heterocycles. The third kappa shape index (κ3) is 4.97. The molecule has 10 heteroatoms. The number of methoxy groups -OCH3 is 3. The Morgan fingerprint density at radius 1 is 0.720 bits per heavy atom. The van der Waals surface area contributed by atoms with Crippen LogP contribution in [0, 0.1) is 0 Å². The summed E-state index contributed by atoms with van der Waals surface area (Å²) >= 11 is -5.42. The van der Waals surface area contributed by atoms with Crippen LogP contribution in [-0.4, -0.2) is 61.8 Å². The SMILES string of the molecule is COc1cc[c]([Pb]([O]C(C)=O)([O]C(C)=O)[O]C(C)=O)c(OC)c1OC. The van der Waals surface area contributed by atoms with E-state index in [0.717, 1.165) is 20.8 Å². The summed E-state index contributed by atoms with van der Waals surface area (Å²) in [4.78, 5) is 34.9. The topological polar surface area (TPSA) is 107 Å². The van der Waals surface area contributed by atoms with Gasteiger partial charge in [-0.05, 0) is 0 Å². The number of carbonyl (C=O) groups excluding carboxylic acids is 3. The molecule has 9 nitrogen and oxygen atoms in total. The second-order valence-electron chi connectivity index (χ2n) is 4.72. The van der Waals surface area contributed by atoms with Crippen LogP contribution in [0.5, 0.6) is 17.2 Å². The summed E-state index contributed by atoms with van der Waals surface area (Å²) < 4.78 is 31.8. The van der Waals surface area contributed by atoms with E-state index >= 15 is 0 Å². The van der Waals surface area contributed by atoms with Crippen LogP contribution in [0.2, 0.25) is 0 Å². The van der Waals surface area contributed by atoms with Crippen LogP contribution in [-0.2, 0) is 22.4 Å². The van der Waals surface area contributed by atoms with Gasteiger partial charge < -0.3 is 0 Å². The molecule has 1 aromatic rings. The van der Waals surface area contributed by atoms with E-state index < -0.39 is 40.4 Å². The number of rotatable bonds is 7. The van der Waals surface area contributed by atoms with Crippen LogP contribution in [0.1, 0.15) is 20.8 Å². The van der Waals surface area contributed by atoms with Crippen molar-refractivity contribution in [2.75, 3.05) is 21.3 Å². The Balaban J connectivity index is 3.75. The Morgan fingerprint density at radius 2 is 1.16 bits per heavy atom. The van der Waals surface area contributed by atoms with Crippen LogP contribution in [0.15, 0.2) is 12.1 Å². The van der Waals surface area contributed by atoms with E-state index in [9.17, 15) is 14.4 Å². The fourth-order valence-corrected chi connectivity index (χ4v) is 11.4. The van der Waals surface area contributed by atoms with Crippen molar-refractivity contribution in [2.45, 2.75) is 20.8 Å². The van der Waals surface area contributed by atoms with Gasteiger partial charge >= 0.3 is 152 Å². The van der Waals surface area contributed by atoms with Gasteiger partial charge in [0.25, 0.3) is 0 Å². The van der Waals surface area contributed by atoms with E-state index in [-0.39, 0.29) is 14.6 Å². The third-order valence-corrected chi connectivity index (χ3v) is 13.5.